The SMILES string of the molecule is Cc1ccc(CC(N)COCCC#N)cc1. The fourth-order valence-electron chi connectivity index (χ4n) is 1.44. The molecule has 1 aromatic rings. The van der Waals surface area contributed by atoms with E-state index in [1.54, 1.807) is 0 Å². The summed E-state index contributed by atoms with van der Waals surface area (Å²) in [4.78, 5) is 0. The number of hydrogen-bond acceptors (Lipinski definition) is 3. The largest absolute Gasteiger partial charge is 0.379 e. The molecule has 86 valence electrons. The Morgan fingerprint density at radius 1 is 1.38 bits per heavy atom. The summed E-state index contributed by atoms with van der Waals surface area (Å²) in [6.45, 7) is 3.04. The van der Waals surface area contributed by atoms with Gasteiger partial charge in [-0.3, -0.25) is 0 Å². The fourth-order valence-corrected chi connectivity index (χ4v) is 1.44. The van der Waals surface area contributed by atoms with Crippen molar-refractivity contribution < 1.29 is 4.74 Å². The second-order valence-electron chi connectivity index (χ2n) is 3.93. The lowest BCUT2D eigenvalue weighted by atomic mass is 10.1. The van der Waals surface area contributed by atoms with E-state index >= 15 is 0 Å². The minimum Gasteiger partial charge on any atom is -0.379 e. The van der Waals surface area contributed by atoms with Crippen LogP contribution in [0.4, 0.5) is 0 Å². The third-order valence-electron chi connectivity index (χ3n) is 2.31. The van der Waals surface area contributed by atoms with E-state index in [0.29, 0.717) is 19.6 Å². The molecule has 0 amide bonds. The van der Waals surface area contributed by atoms with Crippen molar-refractivity contribution in [2.75, 3.05) is 13.2 Å². The number of nitrogens with two attached hydrogens (primary N) is 1. The molecule has 0 aliphatic rings. The van der Waals surface area contributed by atoms with Crippen LogP contribution in [0, 0.1) is 18.3 Å². The smallest absolute Gasteiger partial charge is 0.0645 e. The lowest BCUT2D eigenvalue weighted by Gasteiger charge is -2.11. The van der Waals surface area contributed by atoms with Crippen LogP contribution in [0.25, 0.3) is 0 Å². The van der Waals surface area contributed by atoms with Gasteiger partial charge in [0.05, 0.1) is 25.7 Å². The molecule has 16 heavy (non-hydrogen) atoms. The van der Waals surface area contributed by atoms with Gasteiger partial charge < -0.3 is 10.5 Å². The van der Waals surface area contributed by atoms with E-state index < -0.39 is 0 Å². The predicted octanol–water partition coefficient (Wildman–Crippen LogP) is 1.80. The molecule has 1 atom stereocenters. The minimum absolute atomic E-state index is 0.00130. The van der Waals surface area contributed by atoms with Gasteiger partial charge in [0.2, 0.25) is 0 Å². The molecule has 3 nitrogen and oxygen atoms in total. The molecule has 2 N–H and O–H groups in total. The highest BCUT2D eigenvalue weighted by atomic mass is 16.5. The van der Waals surface area contributed by atoms with Crippen molar-refractivity contribution in [3.8, 4) is 6.07 Å². The quantitative estimate of drug-likeness (QED) is 0.741. The maximum Gasteiger partial charge on any atom is 0.0645 e. The second kappa shape index (κ2) is 7.00. The van der Waals surface area contributed by atoms with Gasteiger partial charge in [0.25, 0.3) is 0 Å². The third-order valence-corrected chi connectivity index (χ3v) is 2.31. The van der Waals surface area contributed by atoms with E-state index in [2.05, 4.69) is 31.2 Å². The van der Waals surface area contributed by atoms with Crippen LogP contribution in [-0.2, 0) is 11.2 Å². The van der Waals surface area contributed by atoms with Gasteiger partial charge in [-0.15, -0.1) is 0 Å². The standard InChI is InChI=1S/C13H18N2O/c1-11-3-5-12(6-4-11)9-13(15)10-16-8-2-7-14/h3-6,13H,2,8-10,15H2,1H3. The summed E-state index contributed by atoms with van der Waals surface area (Å²) in [6.07, 6.45) is 1.24. The maximum atomic E-state index is 8.33. The first-order valence-corrected chi connectivity index (χ1v) is 5.48. The first kappa shape index (κ1) is 12.7. The molecule has 0 fully saturated rings. The number of rotatable bonds is 6. The summed E-state index contributed by atoms with van der Waals surface area (Å²) >= 11 is 0. The molecular weight excluding hydrogens is 200 g/mol. The Bertz CT molecular complexity index is 340. The van der Waals surface area contributed by atoms with Gasteiger partial charge in [-0.1, -0.05) is 29.8 Å². The molecule has 3 heteroatoms. The second-order valence-corrected chi connectivity index (χ2v) is 3.93. The van der Waals surface area contributed by atoms with Crippen molar-refractivity contribution in [2.24, 2.45) is 5.73 Å². The first-order valence-electron chi connectivity index (χ1n) is 5.48. The third kappa shape index (κ3) is 4.92. The zero-order valence-electron chi connectivity index (χ0n) is 9.65. The van der Waals surface area contributed by atoms with Crippen molar-refractivity contribution in [3.05, 3.63) is 35.4 Å². The Kier molecular flexibility index (Phi) is 5.55. The monoisotopic (exact) mass is 218 g/mol. The number of nitrogens with zero attached hydrogens (tertiary/aromatic N) is 1. The Morgan fingerprint density at radius 3 is 2.69 bits per heavy atom. The van der Waals surface area contributed by atoms with Gasteiger partial charge in [0.1, 0.15) is 0 Å². The average Bonchev–Trinajstić information content (AvgIpc) is 2.28. The van der Waals surface area contributed by atoms with E-state index in [4.69, 9.17) is 15.7 Å². The minimum atomic E-state index is 0.00130. The maximum absolute atomic E-state index is 8.33. The summed E-state index contributed by atoms with van der Waals surface area (Å²) in [5, 5.41) is 8.33. The number of aryl methyl sites for hydroxylation is 1. The molecular formula is C13H18N2O. The highest BCUT2D eigenvalue weighted by molar-refractivity contribution is 5.21. The van der Waals surface area contributed by atoms with Crippen molar-refractivity contribution in [1.29, 1.82) is 5.26 Å². The van der Waals surface area contributed by atoms with Gasteiger partial charge in [-0.2, -0.15) is 5.26 Å². The molecule has 0 bridgehead atoms. The van der Waals surface area contributed by atoms with Crippen LogP contribution >= 0.6 is 0 Å². The zero-order chi connectivity index (χ0) is 11.8. The molecule has 1 unspecified atom stereocenters. The van der Waals surface area contributed by atoms with Crippen LogP contribution in [0.15, 0.2) is 24.3 Å². The molecule has 0 spiro atoms. The molecule has 0 saturated carbocycles. The highest BCUT2D eigenvalue weighted by Gasteiger charge is 2.03. The van der Waals surface area contributed by atoms with Gasteiger partial charge in [0, 0.05) is 6.04 Å². The zero-order valence-corrected chi connectivity index (χ0v) is 9.65. The molecule has 0 heterocycles. The van der Waals surface area contributed by atoms with Crippen LogP contribution in [0.3, 0.4) is 0 Å². The Labute approximate surface area is 96.8 Å². The summed E-state index contributed by atoms with van der Waals surface area (Å²) in [7, 11) is 0. The Hall–Kier alpha value is -1.37. The van der Waals surface area contributed by atoms with Crippen molar-refractivity contribution in [1.82, 2.24) is 0 Å². The molecule has 0 aliphatic carbocycles. The lowest BCUT2D eigenvalue weighted by Crippen LogP contribution is -2.28. The van der Waals surface area contributed by atoms with Crippen molar-refractivity contribution >= 4 is 0 Å². The molecule has 0 saturated heterocycles. The van der Waals surface area contributed by atoms with Gasteiger partial charge in [0.15, 0.2) is 0 Å². The summed E-state index contributed by atoms with van der Waals surface area (Å²) in [5.74, 6) is 0. The van der Waals surface area contributed by atoms with Gasteiger partial charge in [-0.25, -0.2) is 0 Å². The van der Waals surface area contributed by atoms with E-state index in [-0.39, 0.29) is 6.04 Å². The van der Waals surface area contributed by atoms with Crippen LogP contribution < -0.4 is 5.73 Å². The highest BCUT2D eigenvalue weighted by Crippen LogP contribution is 2.05. The van der Waals surface area contributed by atoms with E-state index in [1.807, 2.05) is 6.07 Å². The summed E-state index contributed by atoms with van der Waals surface area (Å²) < 4.78 is 5.28. The average molecular weight is 218 g/mol. The van der Waals surface area contributed by atoms with Crippen LogP contribution in [0.1, 0.15) is 17.5 Å². The topological polar surface area (TPSA) is 59.0 Å². The van der Waals surface area contributed by atoms with E-state index in [1.165, 1.54) is 11.1 Å². The van der Waals surface area contributed by atoms with Crippen molar-refractivity contribution in [3.63, 3.8) is 0 Å². The van der Waals surface area contributed by atoms with Crippen LogP contribution in [-0.4, -0.2) is 19.3 Å². The van der Waals surface area contributed by atoms with Gasteiger partial charge >= 0.3 is 0 Å². The molecule has 0 aliphatic heterocycles. The molecule has 1 aromatic carbocycles. The van der Waals surface area contributed by atoms with E-state index in [0.717, 1.165) is 6.42 Å². The number of hydrogen-bond donors (Lipinski definition) is 1. The van der Waals surface area contributed by atoms with Gasteiger partial charge in [-0.05, 0) is 18.9 Å². The normalized spacial score (nSPS) is 12.1. The Morgan fingerprint density at radius 2 is 2.06 bits per heavy atom. The van der Waals surface area contributed by atoms with E-state index in [9.17, 15) is 0 Å². The first-order chi connectivity index (χ1) is 7.72. The summed E-state index contributed by atoms with van der Waals surface area (Å²) in [5.41, 5.74) is 8.39. The van der Waals surface area contributed by atoms with Crippen LogP contribution in [0.2, 0.25) is 0 Å². The number of ether oxygens (including phenoxy) is 1. The predicted molar refractivity (Wildman–Crippen MR) is 63.9 cm³/mol. The lowest BCUT2D eigenvalue weighted by molar-refractivity contribution is 0.126. The summed E-state index contributed by atoms with van der Waals surface area (Å²) in [6, 6.07) is 10.4. The van der Waals surface area contributed by atoms with Crippen LogP contribution in [0.5, 0.6) is 0 Å². The number of nitriles is 1. The Balaban J connectivity index is 2.26. The molecule has 1 rings (SSSR count). The molecule has 0 radical (unpaired) electrons. The van der Waals surface area contributed by atoms with Crippen molar-refractivity contribution in [2.45, 2.75) is 25.8 Å². The fraction of sp³-hybridized carbons (Fsp3) is 0.462. The molecule has 0 aromatic heterocycles. The number of benzene rings is 1.